The van der Waals surface area contributed by atoms with Crippen LogP contribution in [0.5, 0.6) is 0 Å². The second-order valence-corrected chi connectivity index (χ2v) is 7.12. The first-order valence-corrected chi connectivity index (χ1v) is 9.30. The molecule has 2 aliphatic carbocycles. The molecular weight excluding hydrogens is 262 g/mol. The summed E-state index contributed by atoms with van der Waals surface area (Å²) in [6, 6.07) is 0. The Balaban J connectivity index is 1.51. The normalized spacial score (nSPS) is 28.9. The van der Waals surface area contributed by atoms with Crippen molar-refractivity contribution in [1.29, 1.82) is 0 Å². The van der Waals surface area contributed by atoms with Crippen LogP contribution in [-0.2, 0) is 4.74 Å². The predicted octanol–water partition coefficient (Wildman–Crippen LogP) is 3.50. The van der Waals surface area contributed by atoms with E-state index in [9.17, 15) is 5.11 Å². The molecule has 0 radical (unpaired) electrons. The first-order valence-electron chi connectivity index (χ1n) is 9.30. The van der Waals surface area contributed by atoms with Crippen LogP contribution in [0.4, 0.5) is 0 Å². The van der Waals surface area contributed by atoms with Gasteiger partial charge in [0.05, 0.1) is 18.8 Å². The number of nitrogens with one attached hydrogen (secondary N) is 1. The fraction of sp³-hybridized carbons (Fsp3) is 1.00. The number of ether oxygens (including phenoxy) is 1. The summed E-state index contributed by atoms with van der Waals surface area (Å²) in [5, 5.41) is 13.4. The molecule has 0 aromatic heterocycles. The molecule has 3 atom stereocenters. The van der Waals surface area contributed by atoms with Gasteiger partial charge in [-0.1, -0.05) is 51.9 Å². The molecule has 2 aliphatic rings. The maximum absolute atomic E-state index is 10.0. The highest BCUT2D eigenvalue weighted by molar-refractivity contribution is 4.75. The molecular formula is C18H35NO2. The zero-order chi connectivity index (χ0) is 14.9. The lowest BCUT2D eigenvalue weighted by Crippen LogP contribution is -2.35. The minimum atomic E-state index is -0.354. The molecule has 0 bridgehead atoms. The predicted molar refractivity (Wildman–Crippen MR) is 87.4 cm³/mol. The second-order valence-electron chi connectivity index (χ2n) is 7.12. The maximum atomic E-state index is 10.0. The summed E-state index contributed by atoms with van der Waals surface area (Å²) >= 11 is 0. The SMILES string of the molecule is CCC1CCCCC1OCC(O)CNCCC1CCCC1. The van der Waals surface area contributed by atoms with Gasteiger partial charge in [0.2, 0.25) is 0 Å². The van der Waals surface area contributed by atoms with Gasteiger partial charge >= 0.3 is 0 Å². The van der Waals surface area contributed by atoms with E-state index in [0.29, 0.717) is 25.2 Å². The van der Waals surface area contributed by atoms with Crippen molar-refractivity contribution in [3.8, 4) is 0 Å². The van der Waals surface area contributed by atoms with Crippen molar-refractivity contribution in [2.75, 3.05) is 19.7 Å². The van der Waals surface area contributed by atoms with Gasteiger partial charge in [-0.25, -0.2) is 0 Å². The van der Waals surface area contributed by atoms with Crippen molar-refractivity contribution in [3.63, 3.8) is 0 Å². The Hall–Kier alpha value is -0.120. The molecule has 3 nitrogen and oxygen atoms in total. The third kappa shape index (κ3) is 6.25. The Morgan fingerprint density at radius 2 is 1.81 bits per heavy atom. The van der Waals surface area contributed by atoms with Crippen molar-refractivity contribution in [1.82, 2.24) is 5.32 Å². The Labute approximate surface area is 130 Å². The van der Waals surface area contributed by atoms with E-state index in [0.717, 1.165) is 12.5 Å². The molecule has 0 aromatic carbocycles. The van der Waals surface area contributed by atoms with Crippen molar-refractivity contribution in [3.05, 3.63) is 0 Å². The van der Waals surface area contributed by atoms with E-state index in [1.54, 1.807) is 0 Å². The Kier molecular flexibility index (Phi) is 8.05. The molecule has 3 unspecified atom stereocenters. The van der Waals surface area contributed by atoms with E-state index in [1.165, 1.54) is 64.2 Å². The summed E-state index contributed by atoms with van der Waals surface area (Å²) in [7, 11) is 0. The lowest BCUT2D eigenvalue weighted by molar-refractivity contribution is -0.0498. The number of rotatable bonds is 9. The van der Waals surface area contributed by atoms with Crippen molar-refractivity contribution in [2.45, 2.75) is 83.3 Å². The van der Waals surface area contributed by atoms with Crippen LogP contribution in [-0.4, -0.2) is 37.0 Å². The zero-order valence-corrected chi connectivity index (χ0v) is 13.9. The average Bonchev–Trinajstić information content (AvgIpc) is 3.03. The van der Waals surface area contributed by atoms with Gasteiger partial charge in [0.1, 0.15) is 0 Å². The van der Waals surface area contributed by atoms with Crippen LogP contribution in [0.25, 0.3) is 0 Å². The van der Waals surface area contributed by atoms with Crippen LogP contribution < -0.4 is 5.32 Å². The Morgan fingerprint density at radius 3 is 2.57 bits per heavy atom. The van der Waals surface area contributed by atoms with Gasteiger partial charge in [-0.05, 0) is 37.6 Å². The van der Waals surface area contributed by atoms with E-state index >= 15 is 0 Å². The van der Waals surface area contributed by atoms with Crippen LogP contribution in [0.1, 0.15) is 71.1 Å². The van der Waals surface area contributed by atoms with Gasteiger partial charge in [-0.15, -0.1) is 0 Å². The number of aliphatic hydroxyl groups is 1. The molecule has 2 fully saturated rings. The summed E-state index contributed by atoms with van der Waals surface area (Å²) in [5.74, 6) is 1.64. The largest absolute Gasteiger partial charge is 0.389 e. The lowest BCUT2D eigenvalue weighted by atomic mass is 9.85. The third-order valence-electron chi connectivity index (χ3n) is 5.45. The Bertz CT molecular complexity index is 266. The summed E-state index contributed by atoms with van der Waals surface area (Å²) < 4.78 is 5.99. The molecule has 0 aliphatic heterocycles. The molecule has 2 rings (SSSR count). The third-order valence-corrected chi connectivity index (χ3v) is 5.45. The minimum Gasteiger partial charge on any atom is -0.389 e. The average molecular weight is 297 g/mol. The van der Waals surface area contributed by atoms with Crippen LogP contribution in [0.3, 0.4) is 0 Å². The van der Waals surface area contributed by atoms with Gasteiger partial charge in [0.15, 0.2) is 0 Å². The molecule has 0 amide bonds. The fourth-order valence-corrected chi connectivity index (χ4v) is 4.03. The fourth-order valence-electron chi connectivity index (χ4n) is 4.03. The van der Waals surface area contributed by atoms with E-state index in [2.05, 4.69) is 12.2 Å². The summed E-state index contributed by atoms with van der Waals surface area (Å²) in [5.41, 5.74) is 0. The standard InChI is InChI=1S/C18H35NO2/c1-2-16-9-5-6-10-18(16)21-14-17(20)13-19-12-11-15-7-3-4-8-15/h15-20H,2-14H2,1H3. The number of hydrogen-bond donors (Lipinski definition) is 2. The van der Waals surface area contributed by atoms with Crippen molar-refractivity contribution < 1.29 is 9.84 Å². The van der Waals surface area contributed by atoms with Gasteiger partial charge in [-0.3, -0.25) is 0 Å². The van der Waals surface area contributed by atoms with Crippen LogP contribution in [0, 0.1) is 11.8 Å². The molecule has 124 valence electrons. The molecule has 0 saturated heterocycles. The maximum Gasteiger partial charge on any atom is 0.0897 e. The van der Waals surface area contributed by atoms with Gasteiger partial charge in [0, 0.05) is 6.54 Å². The quantitative estimate of drug-likeness (QED) is 0.640. The Morgan fingerprint density at radius 1 is 1.10 bits per heavy atom. The van der Waals surface area contributed by atoms with Crippen LogP contribution in [0.2, 0.25) is 0 Å². The smallest absolute Gasteiger partial charge is 0.0897 e. The second kappa shape index (κ2) is 9.81. The lowest BCUT2D eigenvalue weighted by Gasteiger charge is -2.31. The van der Waals surface area contributed by atoms with E-state index < -0.39 is 0 Å². The zero-order valence-electron chi connectivity index (χ0n) is 13.9. The molecule has 3 heteroatoms. The summed E-state index contributed by atoms with van der Waals surface area (Å²) in [4.78, 5) is 0. The van der Waals surface area contributed by atoms with E-state index in [1.807, 2.05) is 0 Å². The number of aliphatic hydroxyl groups excluding tert-OH is 1. The molecule has 2 N–H and O–H groups in total. The van der Waals surface area contributed by atoms with Crippen LogP contribution in [0.15, 0.2) is 0 Å². The molecule has 0 heterocycles. The molecule has 0 aromatic rings. The van der Waals surface area contributed by atoms with E-state index in [4.69, 9.17) is 4.74 Å². The monoisotopic (exact) mass is 297 g/mol. The van der Waals surface area contributed by atoms with Crippen LogP contribution >= 0.6 is 0 Å². The van der Waals surface area contributed by atoms with E-state index in [-0.39, 0.29) is 6.10 Å². The summed E-state index contributed by atoms with van der Waals surface area (Å²) in [6.07, 6.45) is 13.3. The first-order chi connectivity index (χ1) is 10.3. The first kappa shape index (κ1) is 17.2. The van der Waals surface area contributed by atoms with Gasteiger partial charge in [0.25, 0.3) is 0 Å². The highest BCUT2D eigenvalue weighted by atomic mass is 16.5. The minimum absolute atomic E-state index is 0.354. The molecule has 2 saturated carbocycles. The van der Waals surface area contributed by atoms with Gasteiger partial charge < -0.3 is 15.2 Å². The summed E-state index contributed by atoms with van der Waals surface area (Å²) in [6.45, 7) is 4.48. The van der Waals surface area contributed by atoms with Gasteiger partial charge in [-0.2, -0.15) is 0 Å². The number of hydrogen-bond acceptors (Lipinski definition) is 3. The highest BCUT2D eigenvalue weighted by Crippen LogP contribution is 2.29. The van der Waals surface area contributed by atoms with Crippen molar-refractivity contribution >= 4 is 0 Å². The topological polar surface area (TPSA) is 41.5 Å². The highest BCUT2D eigenvalue weighted by Gasteiger charge is 2.24. The molecule has 0 spiro atoms. The van der Waals surface area contributed by atoms with Crippen molar-refractivity contribution in [2.24, 2.45) is 11.8 Å². The molecule has 21 heavy (non-hydrogen) atoms.